The molecule has 0 aromatic heterocycles. The number of anilines is 2. The van der Waals surface area contributed by atoms with Gasteiger partial charge in [0.05, 0.1) is 31.2 Å². The Hall–Kier alpha value is -4.06. The Labute approximate surface area is 193 Å². The molecule has 0 bridgehead atoms. The number of aryl methyl sites for hydroxylation is 3. The summed E-state index contributed by atoms with van der Waals surface area (Å²) in [5.74, 6) is 0.322. The summed E-state index contributed by atoms with van der Waals surface area (Å²) < 4.78 is 10.8. The normalized spacial score (nSPS) is 13.5. The molecule has 4 rings (SSSR count). The van der Waals surface area contributed by atoms with Crippen molar-refractivity contribution in [1.82, 2.24) is 0 Å². The largest absolute Gasteiger partial charge is 0.497 e. The van der Waals surface area contributed by atoms with E-state index in [2.05, 4.69) is 5.32 Å². The van der Waals surface area contributed by atoms with Crippen LogP contribution in [-0.2, 0) is 9.59 Å². The standard InChI is InChI=1S/C27H26N2O4/c1-16-6-10-20(11-7-16)29-26(30)24(19-9-8-17(2)18(3)14-19)25(27(29)31)28-22-13-12-21(32-4)15-23(22)33-5/h6-15,28H,1-5H3. The lowest BCUT2D eigenvalue weighted by Crippen LogP contribution is -2.32. The average molecular weight is 443 g/mol. The van der Waals surface area contributed by atoms with E-state index in [1.807, 2.05) is 51.1 Å². The van der Waals surface area contributed by atoms with E-state index >= 15 is 0 Å². The molecule has 0 spiro atoms. The molecule has 3 aromatic rings. The van der Waals surface area contributed by atoms with E-state index < -0.39 is 5.91 Å². The predicted octanol–water partition coefficient (Wildman–Crippen LogP) is 5.03. The molecule has 0 unspecified atom stereocenters. The van der Waals surface area contributed by atoms with Crippen molar-refractivity contribution in [1.29, 1.82) is 0 Å². The Morgan fingerprint density at radius 1 is 0.758 bits per heavy atom. The van der Waals surface area contributed by atoms with Crippen molar-refractivity contribution >= 4 is 28.8 Å². The summed E-state index contributed by atoms with van der Waals surface area (Å²) in [4.78, 5) is 28.4. The van der Waals surface area contributed by atoms with Gasteiger partial charge in [-0.05, 0) is 61.7 Å². The first kappa shape index (κ1) is 22.1. The zero-order valence-electron chi connectivity index (χ0n) is 19.4. The highest BCUT2D eigenvalue weighted by Crippen LogP contribution is 2.37. The van der Waals surface area contributed by atoms with Crippen LogP contribution in [0.1, 0.15) is 22.3 Å². The molecule has 1 N–H and O–H groups in total. The van der Waals surface area contributed by atoms with Crippen LogP contribution < -0.4 is 19.7 Å². The molecule has 0 fully saturated rings. The topological polar surface area (TPSA) is 67.9 Å². The molecule has 1 heterocycles. The van der Waals surface area contributed by atoms with E-state index in [4.69, 9.17) is 9.47 Å². The van der Waals surface area contributed by atoms with Crippen LogP contribution >= 0.6 is 0 Å². The molecule has 0 radical (unpaired) electrons. The third-order valence-corrected chi connectivity index (χ3v) is 5.84. The summed E-state index contributed by atoms with van der Waals surface area (Å²) >= 11 is 0. The van der Waals surface area contributed by atoms with Crippen LogP contribution in [0.5, 0.6) is 11.5 Å². The molecule has 3 aromatic carbocycles. The van der Waals surface area contributed by atoms with Gasteiger partial charge in [0.15, 0.2) is 0 Å². The van der Waals surface area contributed by atoms with Crippen molar-refractivity contribution in [3.63, 3.8) is 0 Å². The summed E-state index contributed by atoms with van der Waals surface area (Å²) in [5, 5.41) is 3.17. The second kappa shape index (κ2) is 8.82. The average Bonchev–Trinajstić information content (AvgIpc) is 3.06. The highest BCUT2D eigenvalue weighted by molar-refractivity contribution is 6.46. The molecular formula is C27H26N2O4. The van der Waals surface area contributed by atoms with Crippen molar-refractivity contribution < 1.29 is 19.1 Å². The molecule has 0 saturated carbocycles. The first-order valence-electron chi connectivity index (χ1n) is 10.6. The summed E-state index contributed by atoms with van der Waals surface area (Å²) in [7, 11) is 3.11. The zero-order chi connectivity index (χ0) is 23.7. The van der Waals surface area contributed by atoms with Crippen LogP contribution in [0.15, 0.2) is 66.4 Å². The number of carbonyl (C=O) groups is 2. The molecular weight excluding hydrogens is 416 g/mol. The number of hydrogen-bond donors (Lipinski definition) is 1. The van der Waals surface area contributed by atoms with Crippen LogP contribution in [0.2, 0.25) is 0 Å². The van der Waals surface area contributed by atoms with Crippen LogP contribution in [0.25, 0.3) is 5.57 Å². The van der Waals surface area contributed by atoms with Crippen LogP contribution in [0, 0.1) is 20.8 Å². The molecule has 0 aliphatic carbocycles. The second-order valence-corrected chi connectivity index (χ2v) is 8.02. The van der Waals surface area contributed by atoms with Gasteiger partial charge in [0.1, 0.15) is 17.2 Å². The fraction of sp³-hybridized carbons (Fsp3) is 0.185. The summed E-state index contributed by atoms with van der Waals surface area (Å²) in [6.45, 7) is 5.95. The number of hydrogen-bond acceptors (Lipinski definition) is 5. The van der Waals surface area contributed by atoms with Gasteiger partial charge >= 0.3 is 0 Å². The Morgan fingerprint density at radius 3 is 2.12 bits per heavy atom. The van der Waals surface area contributed by atoms with Crippen LogP contribution in [-0.4, -0.2) is 26.0 Å². The lowest BCUT2D eigenvalue weighted by Gasteiger charge is -2.16. The number of carbonyl (C=O) groups excluding carboxylic acids is 2. The van der Waals surface area contributed by atoms with Gasteiger partial charge in [0, 0.05) is 6.07 Å². The highest BCUT2D eigenvalue weighted by Gasteiger charge is 2.40. The van der Waals surface area contributed by atoms with Gasteiger partial charge < -0.3 is 14.8 Å². The Balaban J connectivity index is 1.85. The van der Waals surface area contributed by atoms with Crippen molar-refractivity contribution in [3.05, 3.63) is 88.6 Å². The molecule has 168 valence electrons. The predicted molar refractivity (Wildman–Crippen MR) is 130 cm³/mol. The Kier molecular flexibility index (Phi) is 5.92. The summed E-state index contributed by atoms with van der Waals surface area (Å²) in [6.07, 6.45) is 0. The van der Waals surface area contributed by atoms with Crippen LogP contribution in [0.3, 0.4) is 0 Å². The number of methoxy groups -OCH3 is 2. The maximum absolute atomic E-state index is 13.6. The van der Waals surface area contributed by atoms with E-state index in [-0.39, 0.29) is 11.6 Å². The lowest BCUT2D eigenvalue weighted by molar-refractivity contribution is -0.120. The van der Waals surface area contributed by atoms with E-state index in [9.17, 15) is 9.59 Å². The monoisotopic (exact) mass is 442 g/mol. The van der Waals surface area contributed by atoms with Crippen molar-refractivity contribution in [3.8, 4) is 11.5 Å². The van der Waals surface area contributed by atoms with Crippen molar-refractivity contribution in [2.45, 2.75) is 20.8 Å². The van der Waals surface area contributed by atoms with Gasteiger partial charge in [-0.3, -0.25) is 9.59 Å². The number of rotatable bonds is 6. The molecule has 0 saturated heterocycles. The fourth-order valence-corrected chi connectivity index (χ4v) is 3.78. The zero-order valence-corrected chi connectivity index (χ0v) is 19.4. The molecule has 1 aliphatic heterocycles. The Morgan fingerprint density at radius 2 is 1.48 bits per heavy atom. The van der Waals surface area contributed by atoms with E-state index in [1.165, 1.54) is 4.90 Å². The van der Waals surface area contributed by atoms with Gasteiger partial charge in [0.25, 0.3) is 11.8 Å². The minimum absolute atomic E-state index is 0.201. The molecule has 33 heavy (non-hydrogen) atoms. The molecule has 0 atom stereocenters. The lowest BCUT2D eigenvalue weighted by atomic mass is 9.99. The highest BCUT2D eigenvalue weighted by atomic mass is 16.5. The minimum Gasteiger partial charge on any atom is -0.497 e. The third-order valence-electron chi connectivity index (χ3n) is 5.84. The number of ether oxygens (including phenoxy) is 2. The van der Waals surface area contributed by atoms with Crippen molar-refractivity contribution in [2.75, 3.05) is 24.4 Å². The van der Waals surface area contributed by atoms with Gasteiger partial charge in [-0.1, -0.05) is 35.9 Å². The quantitative estimate of drug-likeness (QED) is 0.543. The second-order valence-electron chi connectivity index (χ2n) is 8.02. The minimum atomic E-state index is -0.421. The van der Waals surface area contributed by atoms with Gasteiger partial charge in [0.2, 0.25) is 0 Å². The summed E-state index contributed by atoms with van der Waals surface area (Å²) in [6, 6.07) is 18.3. The van der Waals surface area contributed by atoms with Gasteiger partial charge in [-0.25, -0.2) is 4.90 Å². The maximum Gasteiger partial charge on any atom is 0.282 e. The Bertz CT molecular complexity index is 1280. The molecule has 2 amide bonds. The van der Waals surface area contributed by atoms with Crippen LogP contribution in [0.4, 0.5) is 11.4 Å². The number of nitrogens with one attached hydrogen (secondary N) is 1. The van der Waals surface area contributed by atoms with E-state index in [0.717, 1.165) is 16.7 Å². The number of nitrogens with zero attached hydrogens (tertiary/aromatic N) is 1. The van der Waals surface area contributed by atoms with Crippen molar-refractivity contribution in [2.24, 2.45) is 0 Å². The first-order valence-corrected chi connectivity index (χ1v) is 10.6. The number of amides is 2. The van der Waals surface area contributed by atoms with Gasteiger partial charge in [-0.15, -0.1) is 0 Å². The third kappa shape index (κ3) is 4.07. The van der Waals surface area contributed by atoms with Gasteiger partial charge in [-0.2, -0.15) is 0 Å². The summed E-state index contributed by atoms with van der Waals surface area (Å²) in [5.41, 5.74) is 5.47. The van der Waals surface area contributed by atoms with E-state index in [1.54, 1.807) is 44.6 Å². The number of benzene rings is 3. The SMILES string of the molecule is COc1ccc(NC2=C(c3ccc(C)c(C)c3)C(=O)N(c3ccc(C)cc3)C2=O)c(OC)c1. The molecule has 6 heteroatoms. The molecule has 1 aliphatic rings. The fourth-order valence-electron chi connectivity index (χ4n) is 3.78. The first-order chi connectivity index (χ1) is 15.8. The number of imide groups is 1. The smallest absolute Gasteiger partial charge is 0.282 e. The molecule has 6 nitrogen and oxygen atoms in total. The van der Waals surface area contributed by atoms with E-state index in [0.29, 0.717) is 34.0 Å². The maximum atomic E-state index is 13.6.